The highest BCUT2D eigenvalue weighted by Crippen LogP contribution is 2.32. The Balaban J connectivity index is 2.11. The molecule has 0 bridgehead atoms. The van der Waals surface area contributed by atoms with E-state index in [2.05, 4.69) is 10.6 Å². The zero-order valence-corrected chi connectivity index (χ0v) is 13.0. The van der Waals surface area contributed by atoms with Gasteiger partial charge in [-0.1, -0.05) is 13.0 Å². The highest BCUT2D eigenvalue weighted by atomic mass is 32.1. The van der Waals surface area contributed by atoms with Gasteiger partial charge < -0.3 is 15.7 Å². The minimum Gasteiger partial charge on any atom is -0.481 e. The first-order valence-electron chi connectivity index (χ1n) is 7.34. The van der Waals surface area contributed by atoms with Crippen LogP contribution in [0.4, 0.5) is 0 Å². The summed E-state index contributed by atoms with van der Waals surface area (Å²) in [5.41, 5.74) is -0.410. The van der Waals surface area contributed by atoms with Gasteiger partial charge in [0.15, 0.2) is 0 Å². The highest BCUT2D eigenvalue weighted by Gasteiger charge is 2.39. The van der Waals surface area contributed by atoms with Gasteiger partial charge in [-0.15, -0.1) is 11.3 Å². The Bertz CT molecular complexity index is 481. The first-order chi connectivity index (χ1) is 10.1. The molecule has 21 heavy (non-hydrogen) atoms. The van der Waals surface area contributed by atoms with Crippen LogP contribution in [-0.4, -0.2) is 30.1 Å². The van der Waals surface area contributed by atoms with Gasteiger partial charge in [0.25, 0.3) is 0 Å². The Hall–Kier alpha value is -1.40. The van der Waals surface area contributed by atoms with Crippen molar-refractivity contribution in [3.63, 3.8) is 0 Å². The highest BCUT2D eigenvalue weighted by molar-refractivity contribution is 7.10. The Morgan fingerprint density at radius 1 is 1.57 bits per heavy atom. The van der Waals surface area contributed by atoms with E-state index in [1.54, 1.807) is 0 Å². The van der Waals surface area contributed by atoms with Crippen molar-refractivity contribution in [2.75, 3.05) is 13.1 Å². The fraction of sp³-hybridized carbons (Fsp3) is 0.600. The van der Waals surface area contributed by atoms with Crippen molar-refractivity contribution in [1.29, 1.82) is 0 Å². The molecule has 1 aromatic heterocycles. The van der Waals surface area contributed by atoms with Crippen LogP contribution in [-0.2, 0) is 9.59 Å². The third kappa shape index (κ3) is 3.83. The van der Waals surface area contributed by atoms with Crippen molar-refractivity contribution in [2.45, 2.75) is 38.6 Å². The van der Waals surface area contributed by atoms with Gasteiger partial charge in [-0.05, 0) is 37.3 Å². The van der Waals surface area contributed by atoms with Crippen LogP contribution in [0.25, 0.3) is 0 Å². The maximum Gasteiger partial charge on any atom is 0.305 e. The number of piperidine rings is 1. The van der Waals surface area contributed by atoms with Crippen LogP contribution in [0.1, 0.15) is 43.5 Å². The summed E-state index contributed by atoms with van der Waals surface area (Å²) in [6.07, 6.45) is 2.51. The molecule has 0 radical (unpaired) electrons. The number of carboxylic acid groups (broad SMARTS) is 1. The molecule has 0 aromatic carbocycles. The molecule has 1 amide bonds. The third-order valence-corrected chi connectivity index (χ3v) is 5.19. The first-order valence-corrected chi connectivity index (χ1v) is 8.22. The first kappa shape index (κ1) is 16.0. The molecular weight excluding hydrogens is 288 g/mol. The van der Waals surface area contributed by atoms with E-state index in [1.165, 1.54) is 11.3 Å². The van der Waals surface area contributed by atoms with Crippen molar-refractivity contribution in [3.8, 4) is 0 Å². The van der Waals surface area contributed by atoms with Crippen LogP contribution < -0.4 is 10.6 Å². The monoisotopic (exact) mass is 310 g/mol. The number of carbonyl (C=O) groups is 2. The lowest BCUT2D eigenvalue weighted by Crippen LogP contribution is -2.51. The van der Waals surface area contributed by atoms with Crippen LogP contribution in [0.15, 0.2) is 17.5 Å². The van der Waals surface area contributed by atoms with E-state index in [0.29, 0.717) is 6.54 Å². The Kier molecular flexibility index (Phi) is 5.36. The van der Waals surface area contributed by atoms with E-state index in [0.717, 1.165) is 30.7 Å². The molecule has 116 valence electrons. The second-order valence-corrected chi connectivity index (χ2v) is 6.53. The lowest BCUT2D eigenvalue weighted by Gasteiger charge is -2.36. The molecule has 1 aliphatic rings. The quantitative estimate of drug-likeness (QED) is 0.752. The zero-order chi connectivity index (χ0) is 15.3. The largest absolute Gasteiger partial charge is 0.481 e. The minimum absolute atomic E-state index is 0.0307. The molecule has 2 unspecified atom stereocenters. The Morgan fingerprint density at radius 3 is 2.90 bits per heavy atom. The molecule has 1 saturated heterocycles. The van der Waals surface area contributed by atoms with Gasteiger partial charge in [-0.3, -0.25) is 9.59 Å². The van der Waals surface area contributed by atoms with Crippen molar-refractivity contribution in [3.05, 3.63) is 22.4 Å². The van der Waals surface area contributed by atoms with Gasteiger partial charge in [0.1, 0.15) is 0 Å². The van der Waals surface area contributed by atoms with Crippen molar-refractivity contribution < 1.29 is 14.7 Å². The van der Waals surface area contributed by atoms with Gasteiger partial charge in [-0.25, -0.2) is 0 Å². The summed E-state index contributed by atoms with van der Waals surface area (Å²) in [6.45, 7) is 3.63. The van der Waals surface area contributed by atoms with Crippen molar-refractivity contribution >= 4 is 23.2 Å². The summed E-state index contributed by atoms with van der Waals surface area (Å²) in [4.78, 5) is 24.6. The van der Waals surface area contributed by atoms with E-state index in [4.69, 9.17) is 5.11 Å². The van der Waals surface area contributed by atoms with E-state index in [9.17, 15) is 9.59 Å². The average Bonchev–Trinajstić information content (AvgIpc) is 3.01. The van der Waals surface area contributed by atoms with E-state index in [1.807, 2.05) is 24.4 Å². The fourth-order valence-corrected chi connectivity index (χ4v) is 3.60. The normalized spacial score (nSPS) is 23.5. The molecule has 5 nitrogen and oxygen atoms in total. The Morgan fingerprint density at radius 2 is 2.38 bits per heavy atom. The smallest absolute Gasteiger partial charge is 0.305 e. The van der Waals surface area contributed by atoms with Crippen LogP contribution in [0, 0.1) is 5.41 Å². The van der Waals surface area contributed by atoms with E-state index >= 15 is 0 Å². The SMILES string of the molecule is CCC1(C(=O)NC(CC(=O)O)c2cccs2)CCCNC1. The number of amides is 1. The number of hydrogen-bond donors (Lipinski definition) is 3. The fourth-order valence-electron chi connectivity index (χ4n) is 2.82. The summed E-state index contributed by atoms with van der Waals surface area (Å²) < 4.78 is 0. The van der Waals surface area contributed by atoms with Crippen LogP contribution in [0.5, 0.6) is 0 Å². The summed E-state index contributed by atoms with van der Waals surface area (Å²) in [7, 11) is 0. The molecule has 1 fully saturated rings. The summed E-state index contributed by atoms with van der Waals surface area (Å²) >= 11 is 1.47. The standard InChI is InChI=1S/C15H22N2O3S/c1-2-15(6-4-7-16-10-15)14(20)17-11(9-13(18)19)12-5-3-8-21-12/h3,5,8,11,16H,2,4,6-7,9-10H2,1H3,(H,17,20)(H,18,19). The number of nitrogens with one attached hydrogen (secondary N) is 2. The minimum atomic E-state index is -0.902. The summed E-state index contributed by atoms with van der Waals surface area (Å²) in [5.74, 6) is -0.933. The average molecular weight is 310 g/mol. The van der Waals surface area contributed by atoms with Gasteiger partial charge in [0.2, 0.25) is 5.91 Å². The molecule has 0 saturated carbocycles. The molecular formula is C15H22N2O3S. The maximum absolute atomic E-state index is 12.7. The second kappa shape index (κ2) is 7.04. The summed E-state index contributed by atoms with van der Waals surface area (Å²) in [6, 6.07) is 3.30. The molecule has 1 aromatic rings. The number of hydrogen-bond acceptors (Lipinski definition) is 4. The molecule has 0 aliphatic carbocycles. The van der Waals surface area contributed by atoms with Gasteiger partial charge in [-0.2, -0.15) is 0 Å². The topological polar surface area (TPSA) is 78.4 Å². The number of aliphatic carboxylic acids is 1. The lowest BCUT2D eigenvalue weighted by atomic mass is 9.77. The molecule has 3 N–H and O–H groups in total. The van der Waals surface area contributed by atoms with E-state index in [-0.39, 0.29) is 12.3 Å². The number of carbonyl (C=O) groups excluding carboxylic acids is 1. The molecule has 0 spiro atoms. The van der Waals surface area contributed by atoms with Gasteiger partial charge >= 0.3 is 5.97 Å². The third-order valence-electron chi connectivity index (χ3n) is 4.20. The number of carboxylic acids is 1. The van der Waals surface area contributed by atoms with Crippen LogP contribution in [0.3, 0.4) is 0 Å². The predicted molar refractivity (Wildman–Crippen MR) is 82.3 cm³/mol. The molecule has 1 aliphatic heterocycles. The van der Waals surface area contributed by atoms with Crippen LogP contribution >= 0.6 is 11.3 Å². The van der Waals surface area contributed by atoms with Crippen molar-refractivity contribution in [1.82, 2.24) is 10.6 Å². The molecule has 2 heterocycles. The van der Waals surface area contributed by atoms with Gasteiger partial charge in [0, 0.05) is 11.4 Å². The predicted octanol–water partition coefficient (Wildman–Crippen LogP) is 2.16. The van der Waals surface area contributed by atoms with E-state index < -0.39 is 17.4 Å². The van der Waals surface area contributed by atoms with Gasteiger partial charge in [0.05, 0.1) is 17.9 Å². The van der Waals surface area contributed by atoms with Crippen LogP contribution in [0.2, 0.25) is 0 Å². The maximum atomic E-state index is 12.7. The molecule has 2 atom stereocenters. The summed E-state index contributed by atoms with van der Waals surface area (Å²) in [5, 5.41) is 17.2. The molecule has 6 heteroatoms. The number of thiophene rings is 1. The Labute approximate surface area is 128 Å². The lowest BCUT2D eigenvalue weighted by molar-refractivity contribution is -0.138. The second-order valence-electron chi connectivity index (χ2n) is 5.55. The number of rotatable bonds is 6. The van der Waals surface area contributed by atoms with Crippen molar-refractivity contribution in [2.24, 2.45) is 5.41 Å². The molecule has 2 rings (SSSR count). The zero-order valence-electron chi connectivity index (χ0n) is 12.2.